The Bertz CT molecular complexity index is 784. The molecular formula is C18H23NO2S2. The Morgan fingerprint density at radius 2 is 1.48 bits per heavy atom. The van der Waals surface area contributed by atoms with Gasteiger partial charge in [-0.1, -0.05) is 18.2 Å². The van der Waals surface area contributed by atoms with Crippen molar-refractivity contribution in [1.82, 2.24) is 4.72 Å². The van der Waals surface area contributed by atoms with Gasteiger partial charge in [-0.2, -0.15) is 0 Å². The van der Waals surface area contributed by atoms with Gasteiger partial charge in [0.15, 0.2) is 0 Å². The molecular weight excluding hydrogens is 326 g/mol. The van der Waals surface area contributed by atoms with E-state index >= 15 is 0 Å². The summed E-state index contributed by atoms with van der Waals surface area (Å²) in [6, 6.07) is 9.94. The minimum absolute atomic E-state index is 0.295. The Kier molecular flexibility index (Phi) is 5.55. The highest BCUT2D eigenvalue weighted by molar-refractivity contribution is 7.98. The van der Waals surface area contributed by atoms with E-state index in [9.17, 15) is 8.42 Å². The molecule has 0 heterocycles. The number of benzene rings is 2. The topological polar surface area (TPSA) is 46.2 Å². The summed E-state index contributed by atoms with van der Waals surface area (Å²) < 4.78 is 28.2. The lowest BCUT2D eigenvalue weighted by molar-refractivity contribution is 0.579. The van der Waals surface area contributed by atoms with Crippen LogP contribution >= 0.6 is 11.8 Å². The molecule has 0 aliphatic heterocycles. The van der Waals surface area contributed by atoms with Crippen LogP contribution in [0.3, 0.4) is 0 Å². The van der Waals surface area contributed by atoms with Crippen molar-refractivity contribution in [2.45, 2.75) is 44.0 Å². The quantitative estimate of drug-likeness (QED) is 0.826. The number of hydrogen-bond donors (Lipinski definition) is 1. The first-order valence-electron chi connectivity index (χ1n) is 7.46. The van der Waals surface area contributed by atoms with Crippen molar-refractivity contribution in [1.29, 1.82) is 0 Å². The first-order chi connectivity index (χ1) is 10.8. The summed E-state index contributed by atoms with van der Waals surface area (Å²) in [5, 5.41) is 0. The van der Waals surface area contributed by atoms with Crippen LogP contribution in [0.2, 0.25) is 0 Å². The zero-order chi connectivity index (χ0) is 17.2. The molecule has 124 valence electrons. The van der Waals surface area contributed by atoms with Gasteiger partial charge in [-0.3, -0.25) is 0 Å². The third-order valence-corrected chi connectivity index (χ3v) is 6.61. The number of nitrogens with one attached hydrogen (secondary N) is 1. The van der Waals surface area contributed by atoms with Gasteiger partial charge in [0, 0.05) is 11.4 Å². The largest absolute Gasteiger partial charge is 0.241 e. The van der Waals surface area contributed by atoms with Gasteiger partial charge < -0.3 is 0 Å². The molecule has 0 saturated carbocycles. The monoisotopic (exact) mass is 349 g/mol. The van der Waals surface area contributed by atoms with Gasteiger partial charge in [-0.15, -0.1) is 11.8 Å². The summed E-state index contributed by atoms with van der Waals surface area (Å²) in [6.45, 7) is 7.92. The molecule has 0 aliphatic rings. The van der Waals surface area contributed by atoms with Crippen molar-refractivity contribution in [3.05, 3.63) is 58.1 Å². The smallest absolute Gasteiger partial charge is 0.207 e. The van der Waals surface area contributed by atoms with Crippen LogP contribution in [-0.4, -0.2) is 14.7 Å². The third kappa shape index (κ3) is 3.97. The molecule has 0 aliphatic carbocycles. The predicted molar refractivity (Wildman–Crippen MR) is 97.6 cm³/mol. The number of thioether (sulfide) groups is 1. The van der Waals surface area contributed by atoms with Crippen molar-refractivity contribution < 1.29 is 8.42 Å². The summed E-state index contributed by atoms with van der Waals surface area (Å²) in [5.74, 6) is 0. The van der Waals surface area contributed by atoms with E-state index < -0.39 is 10.0 Å². The molecule has 0 spiro atoms. The van der Waals surface area contributed by atoms with Gasteiger partial charge in [-0.05, 0) is 73.9 Å². The zero-order valence-electron chi connectivity index (χ0n) is 14.2. The fourth-order valence-electron chi connectivity index (χ4n) is 2.58. The van der Waals surface area contributed by atoms with Crippen molar-refractivity contribution in [2.75, 3.05) is 6.26 Å². The molecule has 0 radical (unpaired) electrons. The SMILES string of the molecule is CSc1ccc(CNS(=O)(=O)c2c(C)c(C)cc(C)c2C)cc1. The number of rotatable bonds is 5. The fourth-order valence-corrected chi connectivity index (χ4v) is 4.62. The first-order valence-corrected chi connectivity index (χ1v) is 10.2. The lowest BCUT2D eigenvalue weighted by atomic mass is 10.0. The van der Waals surface area contributed by atoms with Gasteiger partial charge >= 0.3 is 0 Å². The number of hydrogen-bond acceptors (Lipinski definition) is 3. The summed E-state index contributed by atoms with van der Waals surface area (Å²) in [6.07, 6.45) is 2.02. The average molecular weight is 350 g/mol. The van der Waals surface area contributed by atoms with E-state index in [2.05, 4.69) is 4.72 Å². The molecule has 2 aromatic rings. The maximum absolute atomic E-state index is 12.8. The molecule has 0 fully saturated rings. The third-order valence-electron chi connectivity index (χ3n) is 4.19. The van der Waals surface area contributed by atoms with Crippen molar-refractivity contribution in [3.8, 4) is 0 Å². The second-order valence-electron chi connectivity index (χ2n) is 5.76. The van der Waals surface area contributed by atoms with Gasteiger partial charge in [0.1, 0.15) is 0 Å². The Morgan fingerprint density at radius 1 is 0.957 bits per heavy atom. The van der Waals surface area contributed by atoms with E-state index in [1.165, 1.54) is 0 Å². The molecule has 0 bridgehead atoms. The Balaban J connectivity index is 2.29. The van der Waals surface area contributed by atoms with E-state index in [0.29, 0.717) is 11.4 Å². The van der Waals surface area contributed by atoms with Gasteiger partial charge in [-0.25, -0.2) is 13.1 Å². The standard InChI is InChI=1S/C18H23NO2S2/c1-12-10-13(2)15(4)18(14(12)3)23(20,21)19-11-16-6-8-17(22-5)9-7-16/h6-10,19H,11H2,1-5H3. The summed E-state index contributed by atoms with van der Waals surface area (Å²) >= 11 is 1.67. The Labute approximate surface area is 143 Å². The van der Waals surface area contributed by atoms with Crippen LogP contribution in [0.5, 0.6) is 0 Å². The van der Waals surface area contributed by atoms with E-state index in [0.717, 1.165) is 32.7 Å². The van der Waals surface area contributed by atoms with Gasteiger partial charge in [0.05, 0.1) is 4.90 Å². The molecule has 2 rings (SSSR count). The molecule has 0 saturated heterocycles. The summed E-state index contributed by atoms with van der Waals surface area (Å²) in [4.78, 5) is 1.58. The first kappa shape index (κ1) is 18.0. The average Bonchev–Trinajstić information content (AvgIpc) is 2.51. The van der Waals surface area contributed by atoms with Crippen molar-refractivity contribution in [3.63, 3.8) is 0 Å². The van der Waals surface area contributed by atoms with E-state index in [1.54, 1.807) is 11.8 Å². The van der Waals surface area contributed by atoms with E-state index in [4.69, 9.17) is 0 Å². The molecule has 2 aromatic carbocycles. The second-order valence-corrected chi connectivity index (χ2v) is 8.35. The Hall–Kier alpha value is -1.30. The molecule has 0 atom stereocenters. The van der Waals surface area contributed by atoms with Crippen molar-refractivity contribution in [2.24, 2.45) is 0 Å². The number of aryl methyl sites for hydroxylation is 2. The van der Waals surface area contributed by atoms with Crippen LogP contribution in [0.4, 0.5) is 0 Å². The van der Waals surface area contributed by atoms with Crippen LogP contribution in [0, 0.1) is 27.7 Å². The molecule has 0 unspecified atom stereocenters. The number of sulfonamides is 1. The summed E-state index contributed by atoms with van der Waals surface area (Å²) in [7, 11) is -3.54. The molecule has 23 heavy (non-hydrogen) atoms. The fraction of sp³-hybridized carbons (Fsp3) is 0.333. The van der Waals surface area contributed by atoms with E-state index in [-0.39, 0.29) is 0 Å². The zero-order valence-corrected chi connectivity index (χ0v) is 15.9. The molecule has 5 heteroatoms. The second kappa shape index (κ2) is 7.07. The highest BCUT2D eigenvalue weighted by atomic mass is 32.2. The lowest BCUT2D eigenvalue weighted by Gasteiger charge is -2.16. The molecule has 3 nitrogen and oxygen atoms in total. The maximum atomic E-state index is 12.8. The normalized spacial score (nSPS) is 11.7. The minimum atomic E-state index is -3.54. The van der Waals surface area contributed by atoms with Gasteiger partial charge in [0.25, 0.3) is 0 Å². The Morgan fingerprint density at radius 3 is 1.96 bits per heavy atom. The van der Waals surface area contributed by atoms with Crippen LogP contribution in [0.15, 0.2) is 40.1 Å². The van der Waals surface area contributed by atoms with Crippen LogP contribution in [0.25, 0.3) is 0 Å². The van der Waals surface area contributed by atoms with Crippen LogP contribution in [-0.2, 0) is 16.6 Å². The lowest BCUT2D eigenvalue weighted by Crippen LogP contribution is -2.25. The van der Waals surface area contributed by atoms with Crippen LogP contribution < -0.4 is 4.72 Å². The van der Waals surface area contributed by atoms with E-state index in [1.807, 2.05) is 64.3 Å². The minimum Gasteiger partial charge on any atom is -0.207 e. The highest BCUT2D eigenvalue weighted by Crippen LogP contribution is 2.26. The predicted octanol–water partition coefficient (Wildman–Crippen LogP) is 4.12. The van der Waals surface area contributed by atoms with Crippen LogP contribution in [0.1, 0.15) is 27.8 Å². The summed E-state index contributed by atoms with van der Waals surface area (Å²) in [5.41, 5.74) is 4.58. The molecule has 1 N–H and O–H groups in total. The maximum Gasteiger partial charge on any atom is 0.241 e. The van der Waals surface area contributed by atoms with Gasteiger partial charge in [0.2, 0.25) is 10.0 Å². The molecule has 0 amide bonds. The molecule has 0 aromatic heterocycles. The van der Waals surface area contributed by atoms with Crippen molar-refractivity contribution >= 4 is 21.8 Å². The highest BCUT2D eigenvalue weighted by Gasteiger charge is 2.21.